The van der Waals surface area contributed by atoms with Crippen LogP contribution in [0, 0.1) is 13.8 Å². The predicted octanol–water partition coefficient (Wildman–Crippen LogP) is 2.60. The van der Waals surface area contributed by atoms with E-state index in [-0.39, 0.29) is 12.5 Å². The molecule has 0 bridgehead atoms. The van der Waals surface area contributed by atoms with Gasteiger partial charge < -0.3 is 14.2 Å². The first kappa shape index (κ1) is 16.8. The van der Waals surface area contributed by atoms with Crippen LogP contribution < -0.4 is 19.6 Å². The molecule has 0 unspecified atom stereocenters. The number of hydrogen-bond donors (Lipinski definition) is 1. The number of nitrogens with zero attached hydrogens (tertiary/aromatic N) is 1. The van der Waals surface area contributed by atoms with E-state index in [0.717, 1.165) is 16.7 Å². The van der Waals surface area contributed by atoms with Crippen molar-refractivity contribution >= 4 is 12.1 Å². The van der Waals surface area contributed by atoms with Gasteiger partial charge in [0.15, 0.2) is 18.1 Å². The third-order valence-corrected chi connectivity index (χ3v) is 3.53. The average Bonchev–Trinajstić information content (AvgIpc) is 2.59. The molecule has 0 aliphatic carbocycles. The second kappa shape index (κ2) is 7.70. The zero-order chi connectivity index (χ0) is 17.6. The van der Waals surface area contributed by atoms with Gasteiger partial charge >= 0.3 is 0 Å². The Balaban J connectivity index is 1.51. The molecule has 1 amide bonds. The molecule has 0 aromatic heterocycles. The van der Waals surface area contributed by atoms with Crippen molar-refractivity contribution in [2.24, 2.45) is 5.10 Å². The van der Waals surface area contributed by atoms with E-state index in [4.69, 9.17) is 14.2 Å². The van der Waals surface area contributed by atoms with E-state index in [1.807, 2.05) is 50.2 Å². The number of aryl methyl sites for hydroxylation is 2. The van der Waals surface area contributed by atoms with Crippen molar-refractivity contribution in [2.75, 3.05) is 19.8 Å². The summed E-state index contributed by atoms with van der Waals surface area (Å²) in [7, 11) is 0. The molecular formula is C19H20N2O4. The largest absolute Gasteiger partial charge is 0.486 e. The number of fused-ring (bicyclic) bond motifs is 1. The average molecular weight is 340 g/mol. The van der Waals surface area contributed by atoms with Gasteiger partial charge in [-0.05, 0) is 60.9 Å². The minimum absolute atomic E-state index is 0.0959. The molecule has 2 aromatic rings. The maximum Gasteiger partial charge on any atom is 0.277 e. The fraction of sp³-hybridized carbons (Fsp3) is 0.263. The Bertz CT molecular complexity index is 782. The molecule has 6 nitrogen and oxygen atoms in total. The maximum absolute atomic E-state index is 11.8. The number of carbonyl (C=O) groups is 1. The van der Waals surface area contributed by atoms with Crippen LogP contribution in [0.3, 0.4) is 0 Å². The third kappa shape index (κ3) is 4.73. The molecule has 1 aliphatic heterocycles. The fourth-order valence-electron chi connectivity index (χ4n) is 2.52. The van der Waals surface area contributed by atoms with E-state index >= 15 is 0 Å². The van der Waals surface area contributed by atoms with Crippen LogP contribution in [0.5, 0.6) is 17.2 Å². The topological polar surface area (TPSA) is 69.2 Å². The van der Waals surface area contributed by atoms with Crippen LogP contribution in [0.4, 0.5) is 0 Å². The first-order valence-electron chi connectivity index (χ1n) is 8.03. The highest BCUT2D eigenvalue weighted by Crippen LogP contribution is 2.30. The summed E-state index contributed by atoms with van der Waals surface area (Å²) in [4.78, 5) is 11.8. The molecule has 1 aliphatic rings. The quantitative estimate of drug-likeness (QED) is 0.671. The molecule has 0 saturated carbocycles. The smallest absolute Gasteiger partial charge is 0.277 e. The predicted molar refractivity (Wildman–Crippen MR) is 94.6 cm³/mol. The van der Waals surface area contributed by atoms with Crippen LogP contribution in [0.25, 0.3) is 0 Å². The lowest BCUT2D eigenvalue weighted by Gasteiger charge is -2.18. The zero-order valence-corrected chi connectivity index (χ0v) is 14.2. The van der Waals surface area contributed by atoms with Crippen LogP contribution >= 0.6 is 0 Å². The van der Waals surface area contributed by atoms with Crippen molar-refractivity contribution in [1.29, 1.82) is 0 Å². The van der Waals surface area contributed by atoms with Crippen molar-refractivity contribution in [1.82, 2.24) is 5.43 Å². The van der Waals surface area contributed by atoms with Crippen molar-refractivity contribution in [3.05, 3.63) is 53.1 Å². The highest BCUT2D eigenvalue weighted by molar-refractivity contribution is 5.83. The molecule has 0 atom stereocenters. The summed E-state index contributed by atoms with van der Waals surface area (Å²) in [5.74, 6) is 1.74. The number of hydrogen-bond acceptors (Lipinski definition) is 5. The molecule has 1 N–H and O–H groups in total. The van der Waals surface area contributed by atoms with E-state index in [1.54, 1.807) is 6.21 Å². The van der Waals surface area contributed by atoms with Gasteiger partial charge in [-0.2, -0.15) is 5.10 Å². The SMILES string of the molecule is Cc1cc(C)cc(OCC(=O)NN=Cc2ccc3c(c2)OCCO3)c1. The highest BCUT2D eigenvalue weighted by Gasteiger charge is 2.11. The second-order valence-electron chi connectivity index (χ2n) is 5.81. The zero-order valence-electron chi connectivity index (χ0n) is 14.2. The van der Waals surface area contributed by atoms with E-state index in [2.05, 4.69) is 10.5 Å². The molecule has 0 radical (unpaired) electrons. The lowest BCUT2D eigenvalue weighted by molar-refractivity contribution is -0.123. The summed E-state index contributed by atoms with van der Waals surface area (Å²) in [6, 6.07) is 11.3. The van der Waals surface area contributed by atoms with Crippen LogP contribution in [-0.4, -0.2) is 31.9 Å². The van der Waals surface area contributed by atoms with Gasteiger partial charge in [0.2, 0.25) is 0 Å². The lowest BCUT2D eigenvalue weighted by atomic mass is 10.1. The monoisotopic (exact) mass is 340 g/mol. The molecule has 0 saturated heterocycles. The van der Waals surface area contributed by atoms with Crippen molar-refractivity contribution in [3.8, 4) is 17.2 Å². The van der Waals surface area contributed by atoms with Crippen LogP contribution in [0.15, 0.2) is 41.5 Å². The Hall–Kier alpha value is -3.02. The Morgan fingerprint density at radius 2 is 1.84 bits per heavy atom. The van der Waals surface area contributed by atoms with Gasteiger partial charge in [0, 0.05) is 0 Å². The summed E-state index contributed by atoms with van der Waals surface area (Å²) >= 11 is 0. The minimum atomic E-state index is -0.326. The van der Waals surface area contributed by atoms with E-state index in [1.165, 1.54) is 0 Å². The molecule has 3 rings (SSSR count). The number of rotatable bonds is 5. The van der Waals surface area contributed by atoms with Crippen LogP contribution in [-0.2, 0) is 4.79 Å². The molecule has 6 heteroatoms. The van der Waals surface area contributed by atoms with Gasteiger partial charge in [0.25, 0.3) is 5.91 Å². The van der Waals surface area contributed by atoms with Crippen molar-refractivity contribution in [3.63, 3.8) is 0 Å². The number of carbonyl (C=O) groups excluding carboxylic acids is 1. The molecule has 25 heavy (non-hydrogen) atoms. The minimum Gasteiger partial charge on any atom is -0.486 e. The first-order valence-corrected chi connectivity index (χ1v) is 8.03. The van der Waals surface area contributed by atoms with Crippen LogP contribution in [0.1, 0.15) is 16.7 Å². The maximum atomic E-state index is 11.8. The molecular weight excluding hydrogens is 320 g/mol. The number of ether oxygens (including phenoxy) is 3. The Morgan fingerprint density at radius 3 is 2.60 bits per heavy atom. The van der Waals surface area contributed by atoms with Gasteiger partial charge in [-0.25, -0.2) is 5.43 Å². The van der Waals surface area contributed by atoms with Crippen molar-refractivity contribution in [2.45, 2.75) is 13.8 Å². The number of nitrogens with one attached hydrogen (secondary N) is 1. The second-order valence-corrected chi connectivity index (χ2v) is 5.81. The lowest BCUT2D eigenvalue weighted by Crippen LogP contribution is -2.24. The summed E-state index contributed by atoms with van der Waals surface area (Å²) < 4.78 is 16.4. The summed E-state index contributed by atoms with van der Waals surface area (Å²) in [6.45, 7) is 4.95. The number of benzene rings is 2. The number of amides is 1. The highest BCUT2D eigenvalue weighted by atomic mass is 16.6. The molecule has 1 heterocycles. The van der Waals surface area contributed by atoms with Gasteiger partial charge in [0.05, 0.1) is 6.21 Å². The van der Waals surface area contributed by atoms with Gasteiger partial charge in [0.1, 0.15) is 19.0 Å². The summed E-state index contributed by atoms with van der Waals surface area (Å²) in [5, 5.41) is 3.94. The van der Waals surface area contributed by atoms with Gasteiger partial charge in [-0.3, -0.25) is 4.79 Å². The Kier molecular flexibility index (Phi) is 5.18. The number of hydrazone groups is 1. The molecule has 0 spiro atoms. The summed E-state index contributed by atoms with van der Waals surface area (Å²) in [5.41, 5.74) is 5.43. The molecule has 0 fully saturated rings. The van der Waals surface area contributed by atoms with Crippen molar-refractivity contribution < 1.29 is 19.0 Å². The Labute approximate surface area is 146 Å². The molecule has 130 valence electrons. The first-order chi connectivity index (χ1) is 12.1. The van der Waals surface area contributed by atoms with E-state index in [9.17, 15) is 4.79 Å². The normalized spacial score (nSPS) is 12.9. The molecule has 2 aromatic carbocycles. The van der Waals surface area contributed by atoms with E-state index in [0.29, 0.717) is 30.5 Å². The van der Waals surface area contributed by atoms with Gasteiger partial charge in [-0.15, -0.1) is 0 Å². The Morgan fingerprint density at radius 1 is 1.12 bits per heavy atom. The van der Waals surface area contributed by atoms with Gasteiger partial charge in [-0.1, -0.05) is 6.07 Å². The van der Waals surface area contributed by atoms with E-state index < -0.39 is 0 Å². The fourth-order valence-corrected chi connectivity index (χ4v) is 2.52. The standard InChI is InChI=1S/C19H20N2O4/c1-13-7-14(2)9-16(8-13)25-12-19(22)21-20-11-15-3-4-17-18(10-15)24-6-5-23-17/h3-4,7-11H,5-6,12H2,1-2H3,(H,21,22). The van der Waals surface area contributed by atoms with Crippen LogP contribution in [0.2, 0.25) is 0 Å². The third-order valence-electron chi connectivity index (χ3n) is 3.53. The summed E-state index contributed by atoms with van der Waals surface area (Å²) in [6.07, 6.45) is 1.55.